The fourth-order valence-corrected chi connectivity index (χ4v) is 24.0. The Morgan fingerprint density at radius 2 is 0.559 bits per heavy atom. The van der Waals surface area contributed by atoms with Gasteiger partial charge in [-0.3, -0.25) is 0 Å². The summed E-state index contributed by atoms with van der Waals surface area (Å²) >= 11 is 21.1. The summed E-state index contributed by atoms with van der Waals surface area (Å²) in [4.78, 5) is 8.91. The average Bonchev–Trinajstić information content (AvgIpc) is 2.82. The fourth-order valence-electron chi connectivity index (χ4n) is 2.29. The number of rotatable bonds is 12. The van der Waals surface area contributed by atoms with Crippen LogP contribution in [-0.4, -0.2) is 126 Å². The van der Waals surface area contributed by atoms with Gasteiger partial charge in [-0.25, -0.2) is 0 Å². The second-order valence-corrected chi connectivity index (χ2v) is 24.8. The van der Waals surface area contributed by atoms with Crippen molar-refractivity contribution in [3.05, 3.63) is 0 Å². The van der Waals surface area contributed by atoms with Crippen molar-refractivity contribution >= 4 is 138 Å². The van der Waals surface area contributed by atoms with E-state index in [4.69, 9.17) is 48.9 Å². The number of nitrogens with zero attached hydrogens (tertiary/aromatic N) is 4. The first kappa shape index (κ1) is 38.7. The molecule has 0 heterocycles. The van der Waals surface area contributed by atoms with Gasteiger partial charge < -0.3 is 0 Å². The summed E-state index contributed by atoms with van der Waals surface area (Å²) in [5.74, 6) is 0. The second kappa shape index (κ2) is 25.8. The predicted molar refractivity (Wildman–Crippen MR) is 184 cm³/mol. The van der Waals surface area contributed by atoms with Crippen LogP contribution in [0.25, 0.3) is 0 Å². The molecule has 0 saturated heterocycles. The summed E-state index contributed by atoms with van der Waals surface area (Å²) in [6.07, 6.45) is 0. The molecule has 14 heteroatoms. The van der Waals surface area contributed by atoms with Crippen molar-refractivity contribution in [3.63, 3.8) is 0 Å². The summed E-state index contributed by atoms with van der Waals surface area (Å²) in [5.41, 5.74) is 0. The van der Waals surface area contributed by atoms with E-state index in [-0.39, 0.29) is 36.3 Å². The maximum absolute atomic E-state index is 5.40. The SMILES string of the molecule is CCN(CC)C(=S)S[Te]SC(=S)N(CC)CC.CCN(CC)C(=S)S[Te]SC(=S)N(CC)CC. The molecule has 0 atom stereocenters. The molecule has 0 unspecified atom stereocenters. The molecule has 4 nitrogen and oxygen atoms in total. The van der Waals surface area contributed by atoms with E-state index in [1.807, 2.05) is 36.0 Å². The van der Waals surface area contributed by atoms with Crippen molar-refractivity contribution in [3.8, 4) is 0 Å². The van der Waals surface area contributed by atoms with Crippen LogP contribution in [0.4, 0.5) is 0 Å². The molecule has 0 spiro atoms. The molecule has 0 N–H and O–H groups in total. The number of thiocarbonyl (C=S) groups is 4. The van der Waals surface area contributed by atoms with Crippen molar-refractivity contribution in [2.75, 3.05) is 52.4 Å². The zero-order valence-corrected chi connectivity index (χ0v) is 32.7. The molecule has 0 aliphatic heterocycles. The fraction of sp³-hybridized carbons (Fsp3) is 0.800. The minimum atomic E-state index is -0.259. The van der Waals surface area contributed by atoms with Crippen LogP contribution in [0.1, 0.15) is 55.4 Å². The van der Waals surface area contributed by atoms with Gasteiger partial charge in [-0.1, -0.05) is 0 Å². The van der Waals surface area contributed by atoms with Crippen LogP contribution in [0.5, 0.6) is 0 Å². The monoisotopic (exact) mass is 852 g/mol. The van der Waals surface area contributed by atoms with Crippen molar-refractivity contribution in [2.45, 2.75) is 55.4 Å². The molecule has 0 bridgehead atoms. The van der Waals surface area contributed by atoms with E-state index in [1.54, 1.807) is 0 Å². The van der Waals surface area contributed by atoms with Crippen molar-refractivity contribution in [1.29, 1.82) is 0 Å². The predicted octanol–water partition coefficient (Wildman–Crippen LogP) is 6.48. The minimum absolute atomic E-state index is 0.259. The summed E-state index contributed by atoms with van der Waals surface area (Å²) < 4.78 is 4.14. The van der Waals surface area contributed by atoms with Crippen LogP contribution < -0.4 is 0 Å². The summed E-state index contributed by atoms with van der Waals surface area (Å²) in [7, 11) is 7.35. The van der Waals surface area contributed by atoms with Crippen LogP contribution in [0, 0.1) is 0 Å². The van der Waals surface area contributed by atoms with E-state index in [1.165, 1.54) is 0 Å². The van der Waals surface area contributed by atoms with Gasteiger partial charge in [0.05, 0.1) is 0 Å². The summed E-state index contributed by atoms with van der Waals surface area (Å²) in [6.45, 7) is 25.2. The van der Waals surface area contributed by atoms with Crippen LogP contribution in [0.15, 0.2) is 0 Å². The molecule has 200 valence electrons. The molecule has 0 saturated carbocycles. The first-order valence-corrected chi connectivity index (χ1v) is 27.4. The average molecular weight is 848 g/mol. The summed E-state index contributed by atoms with van der Waals surface area (Å²) in [6, 6.07) is 0. The third kappa shape index (κ3) is 17.9. The number of hydrogen-bond acceptors (Lipinski definition) is 8. The third-order valence-electron chi connectivity index (χ3n) is 4.51. The molecule has 0 radical (unpaired) electrons. The maximum atomic E-state index is 5.40. The molecule has 0 amide bonds. The molecule has 34 heavy (non-hydrogen) atoms. The van der Waals surface area contributed by atoms with Gasteiger partial charge in [-0.2, -0.15) is 0 Å². The van der Waals surface area contributed by atoms with Crippen LogP contribution in [0.2, 0.25) is 0 Å². The van der Waals surface area contributed by atoms with Gasteiger partial charge in [0.25, 0.3) is 0 Å². The Morgan fingerprint density at radius 1 is 0.412 bits per heavy atom. The molecule has 0 aliphatic rings. The Morgan fingerprint density at radius 3 is 0.676 bits per heavy atom. The Hall–Kier alpha value is 2.54. The van der Waals surface area contributed by atoms with Gasteiger partial charge in [0.2, 0.25) is 0 Å². The standard InChI is InChI=1S/2C10H20N2S4Te/c2*1-5-11(6-2)9(13)15-17-16-10(14)12(7-3)8-4/h2*5-8H2,1-4H3. The molecular formula is C20H40N4S8Te2. The topological polar surface area (TPSA) is 13.0 Å². The van der Waals surface area contributed by atoms with Crippen molar-refractivity contribution < 1.29 is 0 Å². The quantitative estimate of drug-likeness (QED) is 0.158. The Kier molecular flexibility index (Phi) is 29.4. The summed E-state index contributed by atoms with van der Waals surface area (Å²) in [5, 5.41) is 0. The third-order valence-corrected chi connectivity index (χ3v) is 25.6. The van der Waals surface area contributed by atoms with E-state index in [0.717, 1.165) is 69.6 Å². The van der Waals surface area contributed by atoms with E-state index in [9.17, 15) is 0 Å². The first-order valence-electron chi connectivity index (χ1n) is 11.4. The van der Waals surface area contributed by atoms with Gasteiger partial charge in [-0.15, -0.1) is 0 Å². The molecule has 0 rings (SSSR count). The van der Waals surface area contributed by atoms with Gasteiger partial charge in [0, 0.05) is 0 Å². The van der Waals surface area contributed by atoms with Crippen LogP contribution >= 0.6 is 84.8 Å². The van der Waals surface area contributed by atoms with Gasteiger partial charge in [0.15, 0.2) is 0 Å². The normalized spacial score (nSPS) is 10.1. The van der Waals surface area contributed by atoms with E-state index >= 15 is 0 Å². The Labute approximate surface area is 262 Å². The van der Waals surface area contributed by atoms with Gasteiger partial charge in [-0.05, 0) is 0 Å². The molecule has 0 aliphatic carbocycles. The van der Waals surface area contributed by atoms with Crippen LogP contribution in [0.3, 0.4) is 0 Å². The molecule has 0 aromatic carbocycles. The first-order chi connectivity index (χ1) is 16.2. The molecule has 0 aromatic rings. The van der Waals surface area contributed by atoms with Gasteiger partial charge >= 0.3 is 266 Å². The molecule has 0 fully saturated rings. The van der Waals surface area contributed by atoms with E-state index in [0.29, 0.717) is 0 Å². The van der Waals surface area contributed by atoms with E-state index < -0.39 is 0 Å². The zero-order valence-electron chi connectivity index (χ0n) is 21.5. The van der Waals surface area contributed by atoms with Crippen LogP contribution in [-0.2, 0) is 0 Å². The second-order valence-electron chi connectivity index (χ2n) is 6.22. The number of hydrogen-bond donors (Lipinski definition) is 0. The van der Waals surface area contributed by atoms with Crippen molar-refractivity contribution in [2.24, 2.45) is 0 Å². The van der Waals surface area contributed by atoms with Crippen molar-refractivity contribution in [1.82, 2.24) is 19.6 Å². The Bertz CT molecular complexity index is 487. The Balaban J connectivity index is 0. The molecule has 0 aromatic heterocycles. The molecular weight excluding hydrogens is 808 g/mol. The zero-order chi connectivity index (χ0) is 26.5. The van der Waals surface area contributed by atoms with E-state index in [2.05, 4.69) is 75.0 Å². The van der Waals surface area contributed by atoms with Gasteiger partial charge in [0.1, 0.15) is 0 Å².